The molecule has 0 saturated carbocycles. The number of hydrogen-bond donors (Lipinski definition) is 1. The average molecular weight is 285 g/mol. The molecule has 110 valence electrons. The average Bonchev–Trinajstić information content (AvgIpc) is 3.09. The van der Waals surface area contributed by atoms with Gasteiger partial charge in [0.05, 0.1) is 5.60 Å². The van der Waals surface area contributed by atoms with Crippen molar-refractivity contribution in [2.45, 2.75) is 37.9 Å². The summed E-state index contributed by atoms with van der Waals surface area (Å²) in [4.78, 5) is 4.51. The van der Waals surface area contributed by atoms with E-state index in [0.717, 1.165) is 31.8 Å². The molecule has 2 aromatic rings. The number of hydrogen-bond acceptors (Lipinski definition) is 5. The summed E-state index contributed by atoms with van der Waals surface area (Å²) in [6.07, 6.45) is 2.00. The van der Waals surface area contributed by atoms with Crippen LogP contribution in [0.15, 0.2) is 28.8 Å². The SMILES string of the molecule is CC1(OCc2nc(C3Cc4ccccc4C3)no2)CNC1. The summed E-state index contributed by atoms with van der Waals surface area (Å²) in [5.74, 6) is 1.72. The van der Waals surface area contributed by atoms with Crippen molar-refractivity contribution in [3.05, 3.63) is 47.1 Å². The van der Waals surface area contributed by atoms with E-state index in [4.69, 9.17) is 9.26 Å². The summed E-state index contributed by atoms with van der Waals surface area (Å²) in [7, 11) is 0. The van der Waals surface area contributed by atoms with Crippen LogP contribution in [0.4, 0.5) is 0 Å². The van der Waals surface area contributed by atoms with Crippen LogP contribution in [-0.4, -0.2) is 28.8 Å². The summed E-state index contributed by atoms with van der Waals surface area (Å²) < 4.78 is 11.2. The molecule has 1 aromatic heterocycles. The molecule has 4 rings (SSSR count). The fraction of sp³-hybridized carbons (Fsp3) is 0.500. The predicted molar refractivity (Wildman–Crippen MR) is 77.0 cm³/mol. The number of ether oxygens (including phenoxy) is 1. The number of nitrogens with one attached hydrogen (secondary N) is 1. The van der Waals surface area contributed by atoms with Gasteiger partial charge in [-0.1, -0.05) is 29.4 Å². The highest BCUT2D eigenvalue weighted by Crippen LogP contribution is 2.32. The van der Waals surface area contributed by atoms with Crippen molar-refractivity contribution >= 4 is 0 Å². The van der Waals surface area contributed by atoms with Gasteiger partial charge in [-0.25, -0.2) is 0 Å². The molecule has 1 aliphatic carbocycles. The van der Waals surface area contributed by atoms with Crippen LogP contribution in [0.3, 0.4) is 0 Å². The molecule has 0 amide bonds. The van der Waals surface area contributed by atoms with Gasteiger partial charge < -0.3 is 14.6 Å². The van der Waals surface area contributed by atoms with E-state index in [2.05, 4.69) is 46.6 Å². The van der Waals surface area contributed by atoms with E-state index < -0.39 is 0 Å². The zero-order chi connectivity index (χ0) is 14.3. The Labute approximate surface area is 123 Å². The van der Waals surface area contributed by atoms with Gasteiger partial charge in [0, 0.05) is 19.0 Å². The number of fused-ring (bicyclic) bond motifs is 1. The maximum absolute atomic E-state index is 5.83. The first kappa shape index (κ1) is 13.0. The van der Waals surface area contributed by atoms with E-state index >= 15 is 0 Å². The Bertz CT molecular complexity index is 623. The molecule has 5 nitrogen and oxygen atoms in total. The van der Waals surface area contributed by atoms with E-state index in [-0.39, 0.29) is 5.60 Å². The Balaban J connectivity index is 1.41. The molecular weight excluding hydrogens is 266 g/mol. The van der Waals surface area contributed by atoms with Crippen LogP contribution in [0, 0.1) is 0 Å². The Morgan fingerprint density at radius 1 is 1.29 bits per heavy atom. The van der Waals surface area contributed by atoms with Crippen molar-refractivity contribution in [1.82, 2.24) is 15.5 Å². The van der Waals surface area contributed by atoms with Crippen molar-refractivity contribution in [1.29, 1.82) is 0 Å². The van der Waals surface area contributed by atoms with Crippen LogP contribution in [0.5, 0.6) is 0 Å². The second-order valence-electron chi connectivity index (χ2n) is 6.26. The van der Waals surface area contributed by atoms with Gasteiger partial charge in [0.2, 0.25) is 0 Å². The van der Waals surface area contributed by atoms with Crippen LogP contribution in [-0.2, 0) is 24.2 Å². The molecule has 2 aliphatic rings. The molecule has 5 heteroatoms. The summed E-state index contributed by atoms with van der Waals surface area (Å²) in [5.41, 5.74) is 2.72. The van der Waals surface area contributed by atoms with Crippen LogP contribution >= 0.6 is 0 Å². The Hall–Kier alpha value is -1.72. The fourth-order valence-electron chi connectivity index (χ4n) is 3.05. The molecule has 0 atom stereocenters. The van der Waals surface area contributed by atoms with Crippen molar-refractivity contribution in [2.75, 3.05) is 13.1 Å². The van der Waals surface area contributed by atoms with Crippen LogP contribution < -0.4 is 5.32 Å². The fourth-order valence-corrected chi connectivity index (χ4v) is 3.05. The van der Waals surface area contributed by atoms with E-state index in [1.807, 2.05) is 0 Å². The molecule has 1 N–H and O–H groups in total. The van der Waals surface area contributed by atoms with Gasteiger partial charge in [-0.2, -0.15) is 4.98 Å². The van der Waals surface area contributed by atoms with Gasteiger partial charge in [0.15, 0.2) is 5.82 Å². The molecule has 21 heavy (non-hydrogen) atoms. The lowest BCUT2D eigenvalue weighted by Gasteiger charge is -2.38. The molecular formula is C16H19N3O2. The third-order valence-electron chi connectivity index (χ3n) is 4.44. The van der Waals surface area contributed by atoms with Crippen LogP contribution in [0.2, 0.25) is 0 Å². The van der Waals surface area contributed by atoms with E-state index in [0.29, 0.717) is 18.4 Å². The van der Waals surface area contributed by atoms with E-state index in [1.165, 1.54) is 11.1 Å². The second-order valence-corrected chi connectivity index (χ2v) is 6.26. The number of aromatic nitrogens is 2. The highest BCUT2D eigenvalue weighted by molar-refractivity contribution is 5.34. The van der Waals surface area contributed by atoms with Crippen LogP contribution in [0.25, 0.3) is 0 Å². The second kappa shape index (κ2) is 4.93. The molecule has 0 unspecified atom stereocenters. The van der Waals surface area contributed by atoms with Gasteiger partial charge in [-0.3, -0.25) is 0 Å². The maximum Gasteiger partial charge on any atom is 0.252 e. The zero-order valence-electron chi connectivity index (χ0n) is 12.1. The Kier molecular flexibility index (Phi) is 3.05. The van der Waals surface area contributed by atoms with E-state index in [1.54, 1.807) is 0 Å². The van der Waals surface area contributed by atoms with Gasteiger partial charge in [0.25, 0.3) is 5.89 Å². The minimum atomic E-state index is -0.0851. The molecule has 1 aromatic carbocycles. The largest absolute Gasteiger partial charge is 0.363 e. The first-order valence-electron chi connectivity index (χ1n) is 7.46. The lowest BCUT2D eigenvalue weighted by atomic mass is 10.0. The van der Waals surface area contributed by atoms with Crippen molar-refractivity contribution in [3.8, 4) is 0 Å². The molecule has 2 heterocycles. The minimum Gasteiger partial charge on any atom is -0.363 e. The first-order valence-corrected chi connectivity index (χ1v) is 7.46. The number of nitrogens with zero attached hydrogens (tertiary/aromatic N) is 2. The van der Waals surface area contributed by atoms with Gasteiger partial charge in [-0.15, -0.1) is 0 Å². The van der Waals surface area contributed by atoms with Gasteiger partial charge in [-0.05, 0) is 30.9 Å². The third kappa shape index (κ3) is 2.47. The van der Waals surface area contributed by atoms with Crippen molar-refractivity contribution in [3.63, 3.8) is 0 Å². The predicted octanol–water partition coefficient (Wildman–Crippen LogP) is 1.83. The summed E-state index contributed by atoms with van der Waals surface area (Å²) >= 11 is 0. The molecule has 0 bridgehead atoms. The van der Waals surface area contributed by atoms with Crippen molar-refractivity contribution < 1.29 is 9.26 Å². The van der Waals surface area contributed by atoms with Crippen molar-refractivity contribution in [2.24, 2.45) is 0 Å². The lowest BCUT2D eigenvalue weighted by Crippen LogP contribution is -2.58. The van der Waals surface area contributed by atoms with Gasteiger partial charge in [0.1, 0.15) is 6.61 Å². The summed E-state index contributed by atoms with van der Waals surface area (Å²) in [6, 6.07) is 8.54. The quantitative estimate of drug-likeness (QED) is 0.928. The normalized spacial score (nSPS) is 20.2. The molecule has 0 spiro atoms. The molecule has 0 radical (unpaired) electrons. The summed E-state index contributed by atoms with van der Waals surface area (Å²) in [5, 5.41) is 7.35. The van der Waals surface area contributed by atoms with Gasteiger partial charge >= 0.3 is 0 Å². The standard InChI is InChI=1S/C16H19N3O2/c1-16(9-17-10-16)20-8-14-18-15(19-21-14)13-6-11-4-2-3-5-12(11)7-13/h2-5,13,17H,6-10H2,1H3. The maximum atomic E-state index is 5.83. The Morgan fingerprint density at radius 2 is 2.00 bits per heavy atom. The lowest BCUT2D eigenvalue weighted by molar-refractivity contribution is -0.0841. The highest BCUT2D eigenvalue weighted by atomic mass is 16.5. The molecule has 1 fully saturated rings. The monoisotopic (exact) mass is 285 g/mol. The third-order valence-corrected chi connectivity index (χ3v) is 4.44. The van der Waals surface area contributed by atoms with E-state index in [9.17, 15) is 0 Å². The minimum absolute atomic E-state index is 0.0851. The summed E-state index contributed by atoms with van der Waals surface area (Å²) in [6.45, 7) is 4.25. The molecule has 1 aliphatic heterocycles. The smallest absolute Gasteiger partial charge is 0.252 e. The highest BCUT2D eigenvalue weighted by Gasteiger charge is 2.33. The first-order chi connectivity index (χ1) is 10.2. The van der Waals surface area contributed by atoms with Crippen LogP contribution in [0.1, 0.15) is 35.7 Å². The molecule has 1 saturated heterocycles. The number of benzene rings is 1. The topological polar surface area (TPSA) is 60.2 Å². The zero-order valence-corrected chi connectivity index (χ0v) is 12.1. The number of rotatable bonds is 4. The Morgan fingerprint density at radius 3 is 2.62 bits per heavy atom.